The average molecular weight is 583 g/mol. The highest BCUT2D eigenvalue weighted by atomic mass is 16.4. The number of para-hydroxylation sites is 2. The van der Waals surface area contributed by atoms with Crippen LogP contribution >= 0.6 is 0 Å². The minimum atomic E-state index is -1.25. The van der Waals surface area contributed by atoms with Crippen LogP contribution in [0.1, 0.15) is 49.7 Å². The summed E-state index contributed by atoms with van der Waals surface area (Å²) in [5.41, 5.74) is 1.14. The summed E-state index contributed by atoms with van der Waals surface area (Å²) in [6, 6.07) is 14.1. The number of fused-ring (bicyclic) bond motifs is 4. The molecule has 0 aromatic heterocycles. The number of nitrogens with zero attached hydrogens (tertiary/aromatic N) is 2. The fourth-order valence-electron chi connectivity index (χ4n) is 8.02. The van der Waals surface area contributed by atoms with Crippen molar-refractivity contribution in [3.8, 4) is 5.75 Å². The van der Waals surface area contributed by atoms with E-state index in [1.165, 1.54) is 9.80 Å². The molecule has 9 heteroatoms. The van der Waals surface area contributed by atoms with Crippen LogP contribution in [0.2, 0.25) is 0 Å². The van der Waals surface area contributed by atoms with Crippen molar-refractivity contribution in [2.75, 3.05) is 11.4 Å². The van der Waals surface area contributed by atoms with Gasteiger partial charge in [0.1, 0.15) is 5.75 Å². The van der Waals surface area contributed by atoms with Crippen molar-refractivity contribution in [3.05, 3.63) is 84.0 Å². The molecule has 2 aliphatic heterocycles. The Balaban J connectivity index is 1.47. The van der Waals surface area contributed by atoms with Crippen molar-refractivity contribution in [2.45, 2.75) is 44.9 Å². The number of imide groups is 2. The normalized spacial score (nSPS) is 29.7. The van der Waals surface area contributed by atoms with E-state index in [1.807, 2.05) is 12.1 Å². The van der Waals surface area contributed by atoms with E-state index in [0.717, 1.165) is 5.57 Å². The minimum absolute atomic E-state index is 0.0210. The van der Waals surface area contributed by atoms with Crippen molar-refractivity contribution in [3.63, 3.8) is 0 Å². The molecule has 4 amide bonds. The third kappa shape index (κ3) is 4.24. The molecule has 4 aliphatic rings. The van der Waals surface area contributed by atoms with Crippen molar-refractivity contribution >= 4 is 35.3 Å². The monoisotopic (exact) mass is 582 g/mol. The lowest BCUT2D eigenvalue weighted by Gasteiger charge is -2.49. The zero-order chi connectivity index (χ0) is 30.6. The summed E-state index contributed by atoms with van der Waals surface area (Å²) in [4.78, 5) is 69.3. The van der Waals surface area contributed by atoms with Gasteiger partial charge in [-0.25, -0.2) is 4.90 Å². The SMILES string of the molecule is C=CCc1cccc(C2C3=CCC4C(=O)N(CCCC(=O)O)C(=O)C4C3CC3C(=O)N(c4ccccc4)C(=O)C32C)c1O. The molecule has 222 valence electrons. The molecule has 1 saturated carbocycles. The van der Waals surface area contributed by atoms with Gasteiger partial charge in [-0.1, -0.05) is 54.1 Å². The van der Waals surface area contributed by atoms with Gasteiger partial charge in [-0.2, -0.15) is 0 Å². The van der Waals surface area contributed by atoms with Crippen LogP contribution in [0.3, 0.4) is 0 Å². The van der Waals surface area contributed by atoms with E-state index in [9.17, 15) is 29.1 Å². The summed E-state index contributed by atoms with van der Waals surface area (Å²) in [6.07, 6.45) is 4.51. The van der Waals surface area contributed by atoms with E-state index >= 15 is 0 Å². The zero-order valence-electron chi connectivity index (χ0n) is 23.9. The molecule has 2 saturated heterocycles. The van der Waals surface area contributed by atoms with Gasteiger partial charge in [0, 0.05) is 24.4 Å². The van der Waals surface area contributed by atoms with Crippen LogP contribution in [-0.4, -0.2) is 51.3 Å². The quantitative estimate of drug-likeness (QED) is 0.352. The van der Waals surface area contributed by atoms with Gasteiger partial charge < -0.3 is 10.2 Å². The number of carboxylic acids is 1. The molecule has 43 heavy (non-hydrogen) atoms. The van der Waals surface area contributed by atoms with Crippen LogP contribution in [-0.2, 0) is 30.4 Å². The van der Waals surface area contributed by atoms with E-state index in [1.54, 1.807) is 55.5 Å². The van der Waals surface area contributed by atoms with E-state index < -0.39 is 41.0 Å². The fraction of sp³-hybridized carbons (Fsp3) is 0.382. The highest BCUT2D eigenvalue weighted by Gasteiger charge is 2.67. The first-order chi connectivity index (χ1) is 20.6. The number of carboxylic acid groups (broad SMARTS) is 1. The molecule has 2 aromatic carbocycles. The Morgan fingerprint density at radius 3 is 2.47 bits per heavy atom. The second-order valence-corrected chi connectivity index (χ2v) is 12.2. The van der Waals surface area contributed by atoms with Gasteiger partial charge in [-0.15, -0.1) is 6.58 Å². The van der Waals surface area contributed by atoms with Crippen molar-refractivity contribution in [2.24, 2.45) is 29.1 Å². The maximum atomic E-state index is 14.4. The number of phenolic OH excluding ortho intramolecular Hbond substituents is 1. The predicted octanol–water partition coefficient (Wildman–Crippen LogP) is 4.22. The Hall–Kier alpha value is -4.53. The summed E-state index contributed by atoms with van der Waals surface area (Å²) in [6.45, 7) is 5.60. The molecule has 6 atom stereocenters. The highest BCUT2D eigenvalue weighted by Crippen LogP contribution is 2.64. The van der Waals surface area contributed by atoms with E-state index in [2.05, 4.69) is 6.58 Å². The van der Waals surface area contributed by atoms with Gasteiger partial charge in [0.25, 0.3) is 0 Å². The molecule has 3 fully saturated rings. The summed E-state index contributed by atoms with van der Waals surface area (Å²) < 4.78 is 0. The number of rotatable bonds is 8. The molecule has 9 nitrogen and oxygen atoms in total. The van der Waals surface area contributed by atoms with Gasteiger partial charge in [-0.05, 0) is 56.2 Å². The topological polar surface area (TPSA) is 132 Å². The number of anilines is 1. The lowest BCUT2D eigenvalue weighted by molar-refractivity contribution is -0.142. The standard InChI is InChI=1S/C34H34N2O7/c1-3-9-19-10-7-13-23(29(19)39)28-21-15-16-22-27(32(42)35(30(22)40)17-8-14-26(37)38)24(21)18-25-31(41)36(33(43)34(25,28)2)20-11-5-4-6-12-20/h3-7,10-13,15,22,24-25,27-28,39H,1,8-9,14,16-18H2,2H3,(H,37,38). The smallest absolute Gasteiger partial charge is 0.303 e. The van der Waals surface area contributed by atoms with Crippen LogP contribution in [0, 0.1) is 29.1 Å². The lowest BCUT2D eigenvalue weighted by Crippen LogP contribution is -2.49. The van der Waals surface area contributed by atoms with Crippen LogP contribution in [0.15, 0.2) is 72.8 Å². The fourth-order valence-corrected chi connectivity index (χ4v) is 8.02. The number of amides is 4. The Morgan fingerprint density at radius 2 is 1.77 bits per heavy atom. The summed E-state index contributed by atoms with van der Waals surface area (Å²) in [7, 11) is 0. The number of likely N-dealkylation sites (tertiary alicyclic amines) is 1. The first kappa shape index (κ1) is 28.6. The number of hydrogen-bond acceptors (Lipinski definition) is 6. The Bertz CT molecular complexity index is 1580. The van der Waals surface area contributed by atoms with Crippen LogP contribution in [0.5, 0.6) is 5.75 Å². The zero-order valence-corrected chi connectivity index (χ0v) is 23.9. The maximum absolute atomic E-state index is 14.4. The highest BCUT2D eigenvalue weighted by molar-refractivity contribution is 6.24. The molecule has 2 N–H and O–H groups in total. The number of carbonyl (C=O) groups excluding carboxylic acids is 4. The summed E-state index contributed by atoms with van der Waals surface area (Å²) in [5, 5.41) is 20.6. The number of aliphatic carboxylic acids is 1. The largest absolute Gasteiger partial charge is 0.507 e. The molecule has 2 aliphatic carbocycles. The second kappa shape index (κ2) is 10.6. The number of hydrogen-bond donors (Lipinski definition) is 2. The van der Waals surface area contributed by atoms with Crippen molar-refractivity contribution < 1.29 is 34.2 Å². The molecule has 2 aromatic rings. The maximum Gasteiger partial charge on any atom is 0.303 e. The molecule has 2 heterocycles. The molecule has 0 bridgehead atoms. The van der Waals surface area contributed by atoms with E-state index in [-0.39, 0.29) is 61.6 Å². The summed E-state index contributed by atoms with van der Waals surface area (Å²) >= 11 is 0. The third-order valence-corrected chi connectivity index (χ3v) is 9.98. The molecule has 0 spiro atoms. The number of allylic oxidation sites excluding steroid dienone is 3. The number of phenols is 1. The first-order valence-corrected chi connectivity index (χ1v) is 14.7. The predicted molar refractivity (Wildman–Crippen MR) is 157 cm³/mol. The number of aromatic hydroxyl groups is 1. The Kier molecular flexibility index (Phi) is 7.07. The second-order valence-electron chi connectivity index (χ2n) is 12.2. The van der Waals surface area contributed by atoms with Gasteiger partial charge in [0.15, 0.2) is 0 Å². The van der Waals surface area contributed by atoms with Crippen LogP contribution < -0.4 is 4.90 Å². The molecule has 0 radical (unpaired) electrons. The lowest BCUT2D eigenvalue weighted by atomic mass is 9.51. The van der Waals surface area contributed by atoms with Gasteiger partial charge in [0.2, 0.25) is 23.6 Å². The van der Waals surface area contributed by atoms with Gasteiger partial charge in [-0.3, -0.25) is 28.9 Å². The molecule has 6 rings (SSSR count). The van der Waals surface area contributed by atoms with Crippen LogP contribution in [0.25, 0.3) is 0 Å². The summed E-state index contributed by atoms with van der Waals surface area (Å²) in [5.74, 6) is -5.73. The van der Waals surface area contributed by atoms with Gasteiger partial charge in [0.05, 0.1) is 28.9 Å². The van der Waals surface area contributed by atoms with Crippen molar-refractivity contribution in [1.82, 2.24) is 4.90 Å². The molecule has 6 unspecified atom stereocenters. The third-order valence-electron chi connectivity index (χ3n) is 9.98. The molecular weight excluding hydrogens is 548 g/mol. The van der Waals surface area contributed by atoms with E-state index in [4.69, 9.17) is 5.11 Å². The van der Waals surface area contributed by atoms with Crippen molar-refractivity contribution in [1.29, 1.82) is 0 Å². The first-order valence-electron chi connectivity index (χ1n) is 14.7. The average Bonchev–Trinajstić information content (AvgIpc) is 3.34. The molecular formula is C34H34N2O7. The van der Waals surface area contributed by atoms with Crippen LogP contribution in [0.4, 0.5) is 5.69 Å². The van der Waals surface area contributed by atoms with Gasteiger partial charge >= 0.3 is 5.97 Å². The minimum Gasteiger partial charge on any atom is -0.507 e. The number of benzene rings is 2. The Morgan fingerprint density at radius 1 is 1.02 bits per heavy atom. The number of carbonyl (C=O) groups is 5. The van der Waals surface area contributed by atoms with E-state index in [0.29, 0.717) is 23.2 Å². The Labute approximate surface area is 249 Å².